The van der Waals surface area contributed by atoms with E-state index in [0.717, 1.165) is 37.8 Å². The molecule has 1 aromatic rings. The Kier molecular flexibility index (Phi) is 7.63. The summed E-state index contributed by atoms with van der Waals surface area (Å²) in [6, 6.07) is 7.45. The molecule has 3 aliphatic rings. The van der Waals surface area contributed by atoms with Crippen molar-refractivity contribution in [3.63, 3.8) is 0 Å². The molecular weight excluding hydrogens is 446 g/mol. The number of hydrogen-bond acceptors (Lipinski definition) is 7. The van der Waals surface area contributed by atoms with Crippen molar-refractivity contribution in [1.82, 2.24) is 5.32 Å². The summed E-state index contributed by atoms with van der Waals surface area (Å²) in [5.41, 5.74) is 2.94. The quantitative estimate of drug-likeness (QED) is 0.470. The topological polar surface area (TPSA) is 90.9 Å². The molecule has 1 aromatic carbocycles. The standard InChI is InChI=1S/C28H35NO6/c1-5-34-21-14-10-9-13-19(21)24-23(28(32)35-18-11-7-6-8-12-18)17(3)29-20-15-16(2)22(27(31)33-4)26(30)25(20)24/h9-10,13-14,16,18,22,24,29H,5-8,11-12,15H2,1-4H3. The van der Waals surface area contributed by atoms with E-state index >= 15 is 0 Å². The van der Waals surface area contributed by atoms with E-state index in [9.17, 15) is 14.4 Å². The number of esters is 2. The van der Waals surface area contributed by atoms with Gasteiger partial charge in [0.1, 0.15) is 17.8 Å². The number of carbonyl (C=O) groups is 3. The lowest BCUT2D eigenvalue weighted by Gasteiger charge is -2.39. The van der Waals surface area contributed by atoms with Crippen molar-refractivity contribution in [2.45, 2.75) is 71.3 Å². The number of nitrogens with one attached hydrogen (secondary N) is 1. The Balaban J connectivity index is 1.82. The number of ether oxygens (including phenoxy) is 3. The number of rotatable bonds is 6. The molecule has 0 saturated heterocycles. The van der Waals surface area contributed by atoms with Crippen molar-refractivity contribution in [1.29, 1.82) is 0 Å². The first-order chi connectivity index (χ1) is 16.9. The Morgan fingerprint density at radius 1 is 1.11 bits per heavy atom. The van der Waals surface area contributed by atoms with Crippen molar-refractivity contribution >= 4 is 17.7 Å². The zero-order chi connectivity index (χ0) is 25.1. The molecule has 0 amide bonds. The van der Waals surface area contributed by atoms with Crippen LogP contribution in [0.1, 0.15) is 70.8 Å². The molecule has 4 rings (SSSR count). The normalized spacial score (nSPS) is 25.0. The Morgan fingerprint density at radius 2 is 1.83 bits per heavy atom. The number of dihydropyridines is 1. The number of ketones is 1. The number of allylic oxidation sites excluding steroid dienone is 3. The highest BCUT2D eigenvalue weighted by Crippen LogP contribution is 2.47. The average molecular weight is 482 g/mol. The molecule has 1 N–H and O–H groups in total. The van der Waals surface area contributed by atoms with Crippen molar-refractivity contribution in [3.05, 3.63) is 52.4 Å². The van der Waals surface area contributed by atoms with Crippen LogP contribution >= 0.6 is 0 Å². The van der Waals surface area contributed by atoms with Gasteiger partial charge in [-0.15, -0.1) is 0 Å². The van der Waals surface area contributed by atoms with Gasteiger partial charge in [0.15, 0.2) is 5.78 Å². The van der Waals surface area contributed by atoms with Gasteiger partial charge in [0.05, 0.1) is 25.2 Å². The average Bonchev–Trinajstić information content (AvgIpc) is 2.84. The van der Waals surface area contributed by atoms with Gasteiger partial charge in [-0.25, -0.2) is 4.79 Å². The van der Waals surface area contributed by atoms with Crippen LogP contribution in [-0.4, -0.2) is 37.5 Å². The van der Waals surface area contributed by atoms with Gasteiger partial charge in [0, 0.05) is 22.5 Å². The minimum absolute atomic E-state index is 0.125. The Hall–Kier alpha value is -3.09. The zero-order valence-corrected chi connectivity index (χ0v) is 21.0. The summed E-state index contributed by atoms with van der Waals surface area (Å²) in [7, 11) is 1.30. The molecule has 1 heterocycles. The van der Waals surface area contributed by atoms with E-state index in [1.54, 1.807) is 0 Å². The van der Waals surface area contributed by atoms with E-state index in [0.29, 0.717) is 41.2 Å². The predicted molar refractivity (Wildman–Crippen MR) is 130 cm³/mol. The van der Waals surface area contributed by atoms with Crippen LogP contribution in [0.4, 0.5) is 0 Å². The second-order valence-electron chi connectivity index (χ2n) is 9.67. The van der Waals surface area contributed by atoms with Crippen LogP contribution in [0.2, 0.25) is 0 Å². The maximum absolute atomic E-state index is 13.9. The summed E-state index contributed by atoms with van der Waals surface area (Å²) < 4.78 is 16.9. The van der Waals surface area contributed by atoms with Gasteiger partial charge in [-0.05, 0) is 57.9 Å². The maximum atomic E-state index is 13.9. The van der Waals surface area contributed by atoms with Crippen LogP contribution < -0.4 is 10.1 Å². The summed E-state index contributed by atoms with van der Waals surface area (Å²) >= 11 is 0. The zero-order valence-electron chi connectivity index (χ0n) is 21.0. The van der Waals surface area contributed by atoms with E-state index in [2.05, 4.69) is 5.32 Å². The molecule has 1 fully saturated rings. The molecule has 0 spiro atoms. The minimum atomic E-state index is -0.920. The number of benzene rings is 1. The third kappa shape index (κ3) is 4.86. The van der Waals surface area contributed by atoms with E-state index in [-0.39, 0.29) is 17.8 Å². The molecule has 1 saturated carbocycles. The van der Waals surface area contributed by atoms with Gasteiger partial charge in [-0.3, -0.25) is 9.59 Å². The summed E-state index contributed by atoms with van der Waals surface area (Å²) in [5, 5.41) is 3.32. The lowest BCUT2D eigenvalue weighted by molar-refractivity contribution is -0.151. The number of para-hydroxylation sites is 1. The van der Waals surface area contributed by atoms with Crippen LogP contribution in [0.25, 0.3) is 0 Å². The highest BCUT2D eigenvalue weighted by atomic mass is 16.5. The van der Waals surface area contributed by atoms with Crippen LogP contribution in [0.5, 0.6) is 5.75 Å². The monoisotopic (exact) mass is 481 g/mol. The van der Waals surface area contributed by atoms with E-state index < -0.39 is 23.8 Å². The minimum Gasteiger partial charge on any atom is -0.494 e. The maximum Gasteiger partial charge on any atom is 0.337 e. The molecule has 7 heteroatoms. The van der Waals surface area contributed by atoms with E-state index in [4.69, 9.17) is 14.2 Å². The Labute approximate surface area is 206 Å². The van der Waals surface area contributed by atoms with Gasteiger partial charge in [0.2, 0.25) is 0 Å². The second-order valence-corrected chi connectivity index (χ2v) is 9.67. The molecule has 1 aliphatic heterocycles. The summed E-state index contributed by atoms with van der Waals surface area (Å²) in [4.78, 5) is 40.1. The first kappa shape index (κ1) is 25.0. The van der Waals surface area contributed by atoms with Gasteiger partial charge in [0.25, 0.3) is 0 Å². The number of Topliss-reactive ketones (excluding diaryl/α,β-unsaturated/α-hetero) is 1. The van der Waals surface area contributed by atoms with Crippen molar-refractivity contribution in [2.24, 2.45) is 11.8 Å². The van der Waals surface area contributed by atoms with Crippen LogP contribution in [0, 0.1) is 11.8 Å². The second kappa shape index (κ2) is 10.7. The van der Waals surface area contributed by atoms with Crippen LogP contribution in [-0.2, 0) is 23.9 Å². The Morgan fingerprint density at radius 3 is 2.51 bits per heavy atom. The summed E-state index contributed by atoms with van der Waals surface area (Å²) in [6.07, 6.45) is 5.30. The van der Waals surface area contributed by atoms with E-state index in [1.165, 1.54) is 7.11 Å². The van der Waals surface area contributed by atoms with Crippen molar-refractivity contribution in [3.8, 4) is 5.75 Å². The smallest absolute Gasteiger partial charge is 0.337 e. The fraction of sp³-hybridized carbons (Fsp3) is 0.536. The molecule has 0 aromatic heterocycles. The molecular formula is C28H35NO6. The Bertz CT molecular complexity index is 1060. The highest BCUT2D eigenvalue weighted by Gasteiger charge is 2.48. The number of methoxy groups -OCH3 is 1. The van der Waals surface area contributed by atoms with Gasteiger partial charge < -0.3 is 19.5 Å². The molecule has 0 bridgehead atoms. The summed E-state index contributed by atoms with van der Waals surface area (Å²) in [5.74, 6) is -2.54. The first-order valence-electron chi connectivity index (χ1n) is 12.6. The molecule has 188 valence electrons. The van der Waals surface area contributed by atoms with Crippen molar-refractivity contribution in [2.75, 3.05) is 13.7 Å². The van der Waals surface area contributed by atoms with Gasteiger partial charge in [-0.1, -0.05) is 31.5 Å². The number of hydrogen-bond donors (Lipinski definition) is 1. The van der Waals surface area contributed by atoms with Crippen LogP contribution in [0.3, 0.4) is 0 Å². The fourth-order valence-electron chi connectivity index (χ4n) is 5.67. The molecule has 3 atom stereocenters. The third-order valence-electron chi connectivity index (χ3n) is 7.32. The van der Waals surface area contributed by atoms with Crippen LogP contribution in [0.15, 0.2) is 46.8 Å². The third-order valence-corrected chi connectivity index (χ3v) is 7.32. The molecule has 7 nitrogen and oxygen atoms in total. The first-order valence-corrected chi connectivity index (χ1v) is 12.6. The van der Waals surface area contributed by atoms with Crippen molar-refractivity contribution < 1.29 is 28.6 Å². The number of carbonyl (C=O) groups excluding carboxylic acids is 3. The fourth-order valence-corrected chi connectivity index (χ4v) is 5.67. The molecule has 35 heavy (non-hydrogen) atoms. The van der Waals surface area contributed by atoms with Gasteiger partial charge >= 0.3 is 11.9 Å². The largest absolute Gasteiger partial charge is 0.494 e. The lowest BCUT2D eigenvalue weighted by Crippen LogP contribution is -2.43. The van der Waals surface area contributed by atoms with E-state index in [1.807, 2.05) is 45.0 Å². The SMILES string of the molecule is CCOc1ccccc1C1C(C(=O)OC2CCCCC2)=C(C)NC2=C1C(=O)C(C(=O)OC)C(C)C2. The van der Waals surface area contributed by atoms with Gasteiger partial charge in [-0.2, -0.15) is 0 Å². The summed E-state index contributed by atoms with van der Waals surface area (Å²) in [6.45, 7) is 6.05. The molecule has 2 aliphatic carbocycles. The highest BCUT2D eigenvalue weighted by molar-refractivity contribution is 6.12. The molecule has 3 unspecified atom stereocenters. The predicted octanol–water partition coefficient (Wildman–Crippen LogP) is 4.57. The molecule has 0 radical (unpaired) electrons. The lowest BCUT2D eigenvalue weighted by atomic mass is 9.69.